The van der Waals surface area contributed by atoms with E-state index in [0.29, 0.717) is 17.0 Å². The fourth-order valence-electron chi connectivity index (χ4n) is 4.68. The molecule has 1 N–H and O–H groups in total. The third-order valence-corrected chi connectivity index (χ3v) is 8.61. The average molecular weight is 481 g/mol. The largest absolute Gasteiger partial charge is 0.371 e. The van der Waals surface area contributed by atoms with Crippen LogP contribution < -0.4 is 4.90 Å². The first-order chi connectivity index (χ1) is 15.8. The first kappa shape index (κ1) is 24.2. The molecule has 2 aliphatic heterocycles. The van der Waals surface area contributed by atoms with Gasteiger partial charge in [0.15, 0.2) is 0 Å². The highest BCUT2D eigenvalue weighted by Crippen LogP contribution is 2.43. The van der Waals surface area contributed by atoms with Crippen LogP contribution in [0.5, 0.6) is 0 Å². The number of benzene rings is 1. The summed E-state index contributed by atoms with van der Waals surface area (Å²) in [6.07, 6.45) is 13.6. The molecule has 1 atom stereocenters. The van der Waals surface area contributed by atoms with E-state index in [9.17, 15) is 0 Å². The topological polar surface area (TPSA) is 52.3 Å². The van der Waals surface area contributed by atoms with Crippen molar-refractivity contribution in [1.29, 1.82) is 5.41 Å². The molecule has 176 valence electrons. The van der Waals surface area contributed by atoms with Crippen molar-refractivity contribution in [3.63, 3.8) is 0 Å². The first-order valence-electron chi connectivity index (χ1n) is 12.3. The monoisotopic (exact) mass is 480 g/mol. The predicted molar refractivity (Wildman–Crippen MR) is 148 cm³/mol. The van der Waals surface area contributed by atoms with Crippen LogP contribution in [-0.2, 0) is 11.0 Å². The van der Waals surface area contributed by atoms with Crippen molar-refractivity contribution in [2.45, 2.75) is 83.6 Å². The lowest BCUT2D eigenvalue weighted by Gasteiger charge is -2.35. The minimum atomic E-state index is -0.772. The summed E-state index contributed by atoms with van der Waals surface area (Å²) in [4.78, 5) is 13.1. The number of hydrogen-bond donors (Lipinski definition) is 1. The van der Waals surface area contributed by atoms with Gasteiger partial charge in [-0.25, -0.2) is 4.98 Å². The van der Waals surface area contributed by atoms with E-state index in [1.54, 1.807) is 11.3 Å². The van der Waals surface area contributed by atoms with Crippen molar-refractivity contribution < 1.29 is 0 Å². The van der Waals surface area contributed by atoms with Gasteiger partial charge in [0.25, 0.3) is 0 Å². The molecule has 0 aliphatic carbocycles. The number of fused-ring (bicyclic) bond motifs is 1. The zero-order valence-corrected chi connectivity index (χ0v) is 22.0. The number of rotatable bonds is 8. The fourth-order valence-corrected chi connectivity index (χ4v) is 6.06. The maximum absolute atomic E-state index is 8.80. The molecule has 3 heterocycles. The summed E-state index contributed by atoms with van der Waals surface area (Å²) in [6, 6.07) is 4.53. The Morgan fingerprint density at radius 1 is 1.18 bits per heavy atom. The lowest BCUT2D eigenvalue weighted by Crippen LogP contribution is -2.38. The summed E-state index contributed by atoms with van der Waals surface area (Å²) in [7, 11) is 0. The van der Waals surface area contributed by atoms with Gasteiger partial charge in [0.2, 0.25) is 0 Å². The zero-order chi connectivity index (χ0) is 23.6. The van der Waals surface area contributed by atoms with Crippen LogP contribution in [-0.4, -0.2) is 34.9 Å². The lowest BCUT2D eigenvalue weighted by atomic mass is 9.82. The molecule has 1 unspecified atom stereocenters. The number of allylic oxidation sites excluding steroid dienone is 1. The molecule has 0 radical (unpaired) electrons. The number of aliphatic imine (C=N–C) groups is 1. The molecule has 1 saturated heterocycles. The molecule has 0 spiro atoms. The van der Waals surface area contributed by atoms with Crippen LogP contribution >= 0.6 is 23.6 Å². The quantitative estimate of drug-likeness (QED) is 0.243. The minimum Gasteiger partial charge on any atom is -0.371 e. The maximum Gasteiger partial charge on any atom is 0.143 e. The van der Waals surface area contributed by atoms with Crippen LogP contribution in [0.3, 0.4) is 0 Å². The molecule has 0 amide bonds. The molecule has 2 aliphatic rings. The summed E-state index contributed by atoms with van der Waals surface area (Å²) >= 11 is 7.77. The Morgan fingerprint density at radius 2 is 1.94 bits per heavy atom. The van der Waals surface area contributed by atoms with E-state index in [-0.39, 0.29) is 5.41 Å². The van der Waals surface area contributed by atoms with Crippen molar-refractivity contribution in [3.05, 3.63) is 34.9 Å². The van der Waals surface area contributed by atoms with Gasteiger partial charge in [-0.1, -0.05) is 52.8 Å². The van der Waals surface area contributed by atoms with Gasteiger partial charge < -0.3 is 10.3 Å². The van der Waals surface area contributed by atoms with Gasteiger partial charge in [0.05, 0.1) is 20.1 Å². The predicted octanol–water partition coefficient (Wildman–Crippen LogP) is 7.39. The van der Waals surface area contributed by atoms with E-state index in [0.717, 1.165) is 48.4 Å². The van der Waals surface area contributed by atoms with Crippen LogP contribution in [0.25, 0.3) is 10.2 Å². The minimum absolute atomic E-state index is 0.00887. The Morgan fingerprint density at radius 3 is 2.58 bits per heavy atom. The summed E-state index contributed by atoms with van der Waals surface area (Å²) < 4.78 is 1.17. The Labute approximate surface area is 207 Å². The zero-order valence-electron chi connectivity index (χ0n) is 20.4. The molecule has 4 rings (SSSR count). The van der Waals surface area contributed by atoms with Gasteiger partial charge in [-0.05, 0) is 56.4 Å². The number of thiocarbonyl (C=S) groups is 1. The number of hydrogen-bond acceptors (Lipinski definition) is 6. The SMILES string of the molecule is CCCCCC(=N)C(=S)C1(c2cc3sc(C(C)(C)C)nc3cc2N2CCCCC2)C=CC=N1. The van der Waals surface area contributed by atoms with Crippen LogP contribution in [0.1, 0.15) is 83.2 Å². The van der Waals surface area contributed by atoms with Gasteiger partial charge in [-0.15, -0.1) is 11.3 Å². The Hall–Kier alpha value is -1.92. The van der Waals surface area contributed by atoms with Crippen LogP contribution in [0, 0.1) is 5.41 Å². The number of piperidine rings is 1. The van der Waals surface area contributed by atoms with E-state index < -0.39 is 5.54 Å². The van der Waals surface area contributed by atoms with E-state index in [2.05, 4.69) is 50.8 Å². The van der Waals surface area contributed by atoms with Crippen molar-refractivity contribution in [2.75, 3.05) is 18.0 Å². The van der Waals surface area contributed by atoms with Crippen LogP contribution in [0.2, 0.25) is 0 Å². The van der Waals surface area contributed by atoms with Gasteiger partial charge >= 0.3 is 0 Å². The smallest absolute Gasteiger partial charge is 0.143 e. The normalized spacial score (nSPS) is 20.7. The summed E-state index contributed by atoms with van der Waals surface area (Å²) in [5, 5.41) is 9.95. The number of anilines is 1. The van der Waals surface area contributed by atoms with E-state index >= 15 is 0 Å². The second kappa shape index (κ2) is 9.75. The van der Waals surface area contributed by atoms with Crippen molar-refractivity contribution in [1.82, 2.24) is 4.98 Å². The Bertz CT molecular complexity index is 1090. The summed E-state index contributed by atoms with van der Waals surface area (Å²) in [5.74, 6) is 0. The molecule has 33 heavy (non-hydrogen) atoms. The van der Waals surface area contributed by atoms with Gasteiger partial charge in [0.1, 0.15) is 5.54 Å². The third-order valence-electron chi connectivity index (χ3n) is 6.61. The molecule has 2 aromatic rings. The van der Waals surface area contributed by atoms with Gasteiger partial charge in [0, 0.05) is 41.7 Å². The van der Waals surface area contributed by atoms with Gasteiger partial charge in [-0.2, -0.15) is 0 Å². The molecule has 0 bridgehead atoms. The van der Waals surface area contributed by atoms with Crippen LogP contribution in [0.4, 0.5) is 5.69 Å². The van der Waals surface area contributed by atoms with Crippen molar-refractivity contribution in [3.8, 4) is 0 Å². The Kier molecular flexibility index (Phi) is 7.15. The number of nitrogens with zero attached hydrogens (tertiary/aromatic N) is 3. The highest BCUT2D eigenvalue weighted by Gasteiger charge is 2.40. The summed E-state index contributed by atoms with van der Waals surface area (Å²) in [5.41, 5.74) is 3.13. The lowest BCUT2D eigenvalue weighted by molar-refractivity contribution is 0.574. The standard InChI is InChI=1S/C27H36N4S2/c1-5-6-8-12-20(28)24(32)27(13-11-14-29-27)19-17-23-21(30-25(33-23)26(2,3)4)18-22(19)31-15-9-7-10-16-31/h11,13-14,17-18,28H,5-10,12,15-16H2,1-4H3. The Balaban J connectivity index is 1.85. The van der Waals surface area contributed by atoms with Gasteiger partial charge in [-0.3, -0.25) is 4.99 Å². The highest BCUT2D eigenvalue weighted by atomic mass is 32.1. The number of aromatic nitrogens is 1. The molecule has 1 aromatic heterocycles. The number of nitrogens with one attached hydrogen (secondary N) is 1. The molecule has 6 heteroatoms. The molecule has 1 fully saturated rings. The second-order valence-electron chi connectivity index (χ2n) is 10.3. The van der Waals surface area contributed by atoms with Crippen molar-refractivity contribution in [2.24, 2.45) is 4.99 Å². The van der Waals surface area contributed by atoms with E-state index in [1.165, 1.54) is 29.6 Å². The molecular weight excluding hydrogens is 444 g/mol. The first-order valence-corrected chi connectivity index (χ1v) is 13.5. The third kappa shape index (κ3) is 4.83. The fraction of sp³-hybridized carbons (Fsp3) is 0.556. The van der Waals surface area contributed by atoms with E-state index in [4.69, 9.17) is 27.6 Å². The number of unbranched alkanes of at least 4 members (excludes halogenated alkanes) is 2. The molecular formula is C27H36N4S2. The average Bonchev–Trinajstić information content (AvgIpc) is 3.46. The highest BCUT2D eigenvalue weighted by molar-refractivity contribution is 7.82. The van der Waals surface area contributed by atoms with Crippen molar-refractivity contribution >= 4 is 56.2 Å². The molecule has 4 nitrogen and oxygen atoms in total. The van der Waals surface area contributed by atoms with E-state index in [1.807, 2.05) is 12.3 Å². The van der Waals surface area contributed by atoms with Crippen LogP contribution in [0.15, 0.2) is 29.3 Å². The number of thiazole rings is 1. The second-order valence-corrected chi connectivity index (χ2v) is 11.8. The summed E-state index contributed by atoms with van der Waals surface area (Å²) in [6.45, 7) is 10.9. The maximum atomic E-state index is 8.80. The molecule has 0 saturated carbocycles. The molecule has 1 aromatic carbocycles.